The Morgan fingerprint density at radius 3 is 2.67 bits per heavy atom. The van der Waals surface area contributed by atoms with Crippen molar-refractivity contribution in [2.75, 3.05) is 5.75 Å². The molecule has 1 nitrogen and oxygen atoms in total. The van der Waals surface area contributed by atoms with Gasteiger partial charge in [-0.05, 0) is 24.5 Å². The maximum absolute atomic E-state index is 10.4. The fraction of sp³-hybridized carbons (Fsp3) is 0.600. The first-order valence-corrected chi connectivity index (χ1v) is 8.56. The monoisotopic (exact) mass is 282 g/mol. The second-order valence-corrected chi connectivity index (χ2v) is 8.15. The zero-order chi connectivity index (χ0) is 13.1. The second kappa shape index (κ2) is 6.36. The quantitative estimate of drug-likeness (QED) is 0.916. The Labute approximate surface area is 119 Å². The molecule has 18 heavy (non-hydrogen) atoms. The fourth-order valence-corrected chi connectivity index (χ4v) is 5.22. The van der Waals surface area contributed by atoms with Gasteiger partial charge in [-0.3, -0.25) is 0 Å². The van der Waals surface area contributed by atoms with Crippen molar-refractivity contribution in [2.45, 2.75) is 49.0 Å². The minimum absolute atomic E-state index is 0.224. The molecule has 1 aliphatic heterocycles. The molecule has 0 bridgehead atoms. The molecule has 0 aromatic heterocycles. The maximum atomic E-state index is 10.4. The molecule has 1 saturated heterocycles. The molecule has 1 aromatic rings. The number of rotatable bonds is 3. The lowest BCUT2D eigenvalue weighted by atomic mass is 10.0. The van der Waals surface area contributed by atoms with Crippen LogP contribution in [0.4, 0.5) is 0 Å². The van der Waals surface area contributed by atoms with Gasteiger partial charge in [0.05, 0.1) is 6.10 Å². The smallest absolute Gasteiger partial charge is 0.0707 e. The van der Waals surface area contributed by atoms with E-state index in [2.05, 4.69) is 45.0 Å². The van der Waals surface area contributed by atoms with E-state index in [1.165, 1.54) is 11.1 Å². The lowest BCUT2D eigenvalue weighted by Crippen LogP contribution is -2.35. The van der Waals surface area contributed by atoms with Gasteiger partial charge in [-0.25, -0.2) is 0 Å². The molecule has 2 rings (SSSR count). The summed E-state index contributed by atoms with van der Waals surface area (Å²) in [6.07, 6.45) is 0.560. The van der Waals surface area contributed by atoms with Crippen LogP contribution in [0.15, 0.2) is 24.3 Å². The van der Waals surface area contributed by atoms with E-state index in [0.717, 1.165) is 12.2 Å². The maximum Gasteiger partial charge on any atom is 0.0707 e. The number of hydrogen-bond donors (Lipinski definition) is 1. The summed E-state index contributed by atoms with van der Waals surface area (Å²) in [7, 11) is 0. The first-order chi connectivity index (χ1) is 8.58. The number of hydrogen-bond acceptors (Lipinski definition) is 3. The van der Waals surface area contributed by atoms with E-state index in [1.54, 1.807) is 0 Å². The van der Waals surface area contributed by atoms with Crippen LogP contribution in [0, 0.1) is 6.92 Å². The highest BCUT2D eigenvalue weighted by Crippen LogP contribution is 2.37. The van der Waals surface area contributed by atoms with Gasteiger partial charge in [0, 0.05) is 21.5 Å². The highest BCUT2D eigenvalue weighted by molar-refractivity contribution is 8.07. The summed E-state index contributed by atoms with van der Waals surface area (Å²) >= 11 is 3.95. The minimum atomic E-state index is -0.224. The third-order valence-electron chi connectivity index (χ3n) is 3.69. The largest absolute Gasteiger partial charge is 0.392 e. The molecule has 4 unspecified atom stereocenters. The third-order valence-corrected chi connectivity index (χ3v) is 7.23. The number of benzene rings is 1. The number of thioether (sulfide) groups is 2. The average Bonchev–Trinajstić information content (AvgIpc) is 2.35. The molecule has 1 fully saturated rings. The zero-order valence-corrected chi connectivity index (χ0v) is 12.9. The van der Waals surface area contributed by atoms with E-state index in [1.807, 2.05) is 23.5 Å². The van der Waals surface area contributed by atoms with Crippen LogP contribution in [-0.4, -0.2) is 32.7 Å². The van der Waals surface area contributed by atoms with E-state index < -0.39 is 0 Å². The van der Waals surface area contributed by atoms with Gasteiger partial charge in [-0.15, -0.1) is 0 Å². The first kappa shape index (κ1) is 14.3. The van der Waals surface area contributed by atoms with E-state index in [0.29, 0.717) is 15.7 Å². The molecule has 100 valence electrons. The van der Waals surface area contributed by atoms with Crippen LogP contribution in [0.3, 0.4) is 0 Å². The molecule has 1 aromatic carbocycles. The summed E-state index contributed by atoms with van der Waals surface area (Å²) in [6, 6.07) is 8.36. The molecule has 4 atom stereocenters. The normalized spacial score (nSPS) is 30.1. The lowest BCUT2D eigenvalue weighted by Gasteiger charge is -2.34. The van der Waals surface area contributed by atoms with Crippen molar-refractivity contribution < 1.29 is 5.11 Å². The summed E-state index contributed by atoms with van der Waals surface area (Å²) in [5.41, 5.74) is 2.56. The number of aliphatic hydroxyl groups excluding tert-OH is 1. The number of aryl methyl sites for hydroxylation is 1. The Kier molecular flexibility index (Phi) is 5.05. The van der Waals surface area contributed by atoms with Crippen LogP contribution < -0.4 is 0 Å². The molecule has 1 N–H and O–H groups in total. The summed E-state index contributed by atoms with van der Waals surface area (Å²) < 4.78 is 0. The van der Waals surface area contributed by atoms with Gasteiger partial charge in [0.15, 0.2) is 0 Å². The van der Waals surface area contributed by atoms with Crippen LogP contribution in [-0.2, 0) is 6.42 Å². The highest BCUT2D eigenvalue weighted by Gasteiger charge is 2.30. The molecule has 0 radical (unpaired) electrons. The van der Waals surface area contributed by atoms with Gasteiger partial charge in [0.25, 0.3) is 0 Å². The van der Waals surface area contributed by atoms with Gasteiger partial charge in [0.2, 0.25) is 0 Å². The van der Waals surface area contributed by atoms with Crippen molar-refractivity contribution >= 4 is 23.5 Å². The van der Waals surface area contributed by atoms with Crippen molar-refractivity contribution in [2.24, 2.45) is 0 Å². The Bertz CT molecular complexity index is 394. The Hall–Kier alpha value is -0.120. The van der Waals surface area contributed by atoms with Gasteiger partial charge in [-0.1, -0.05) is 38.1 Å². The van der Waals surface area contributed by atoms with E-state index in [9.17, 15) is 5.11 Å². The standard InChI is InChI=1S/C15H22OS2/c1-10-6-4-5-7-13(10)8-14(16)15-9-17-11(2)12(3)18-15/h4-7,11-12,14-16H,8-9H2,1-3H3. The lowest BCUT2D eigenvalue weighted by molar-refractivity contribution is 0.177. The predicted octanol–water partition coefficient (Wildman–Crippen LogP) is 3.52. The summed E-state index contributed by atoms with van der Waals surface area (Å²) in [4.78, 5) is 0. The Morgan fingerprint density at radius 1 is 1.28 bits per heavy atom. The van der Waals surface area contributed by atoms with Crippen molar-refractivity contribution in [1.29, 1.82) is 0 Å². The van der Waals surface area contributed by atoms with E-state index in [4.69, 9.17) is 0 Å². The topological polar surface area (TPSA) is 20.2 Å². The van der Waals surface area contributed by atoms with Crippen molar-refractivity contribution in [3.05, 3.63) is 35.4 Å². The first-order valence-electron chi connectivity index (χ1n) is 6.57. The Balaban J connectivity index is 1.96. The minimum Gasteiger partial charge on any atom is -0.392 e. The molecular weight excluding hydrogens is 260 g/mol. The van der Waals surface area contributed by atoms with Crippen LogP contribution in [0.2, 0.25) is 0 Å². The molecule has 0 aliphatic carbocycles. The van der Waals surface area contributed by atoms with Gasteiger partial charge in [0.1, 0.15) is 0 Å². The fourth-order valence-electron chi connectivity index (χ4n) is 2.21. The van der Waals surface area contributed by atoms with E-state index in [-0.39, 0.29) is 6.10 Å². The van der Waals surface area contributed by atoms with Crippen LogP contribution in [0.25, 0.3) is 0 Å². The molecule has 1 aliphatic rings. The van der Waals surface area contributed by atoms with Crippen LogP contribution in [0.1, 0.15) is 25.0 Å². The predicted molar refractivity (Wildman–Crippen MR) is 83.7 cm³/mol. The SMILES string of the molecule is Cc1ccccc1CC(O)C1CSC(C)C(C)S1. The second-order valence-electron chi connectivity index (χ2n) is 5.12. The third kappa shape index (κ3) is 3.46. The van der Waals surface area contributed by atoms with Crippen molar-refractivity contribution in [3.63, 3.8) is 0 Å². The molecule has 0 amide bonds. The molecule has 1 heterocycles. The van der Waals surface area contributed by atoms with Gasteiger partial charge >= 0.3 is 0 Å². The molecule has 0 spiro atoms. The van der Waals surface area contributed by atoms with Crippen LogP contribution >= 0.6 is 23.5 Å². The summed E-state index contributed by atoms with van der Waals surface area (Å²) in [6.45, 7) is 6.68. The molecule has 0 saturated carbocycles. The van der Waals surface area contributed by atoms with Gasteiger partial charge in [-0.2, -0.15) is 23.5 Å². The van der Waals surface area contributed by atoms with Crippen LogP contribution in [0.5, 0.6) is 0 Å². The molecular formula is C15H22OS2. The Morgan fingerprint density at radius 2 is 2.00 bits per heavy atom. The van der Waals surface area contributed by atoms with E-state index >= 15 is 0 Å². The van der Waals surface area contributed by atoms with Crippen molar-refractivity contribution in [1.82, 2.24) is 0 Å². The average molecular weight is 282 g/mol. The summed E-state index contributed by atoms with van der Waals surface area (Å²) in [5, 5.41) is 12.1. The van der Waals surface area contributed by atoms with Gasteiger partial charge < -0.3 is 5.11 Å². The number of aliphatic hydroxyl groups is 1. The van der Waals surface area contributed by atoms with Crippen molar-refractivity contribution in [3.8, 4) is 0 Å². The summed E-state index contributed by atoms with van der Waals surface area (Å²) in [5.74, 6) is 1.07. The highest BCUT2D eigenvalue weighted by atomic mass is 32.2. The zero-order valence-electron chi connectivity index (χ0n) is 11.3. The molecule has 3 heteroatoms.